The van der Waals surface area contributed by atoms with Gasteiger partial charge in [0.25, 0.3) is 0 Å². The summed E-state index contributed by atoms with van der Waals surface area (Å²) in [7, 11) is 1.77. The third-order valence-electron chi connectivity index (χ3n) is 3.90. The van der Waals surface area contributed by atoms with Gasteiger partial charge >= 0.3 is 0 Å². The summed E-state index contributed by atoms with van der Waals surface area (Å²) < 4.78 is 5.17. The third kappa shape index (κ3) is 5.33. The van der Waals surface area contributed by atoms with Crippen LogP contribution in [0.5, 0.6) is 0 Å². The lowest BCUT2D eigenvalue weighted by Gasteiger charge is -2.30. The van der Waals surface area contributed by atoms with Crippen LogP contribution in [0.25, 0.3) is 0 Å². The number of nitrogens with one attached hydrogen (secondary N) is 1. The van der Waals surface area contributed by atoms with E-state index in [1.165, 1.54) is 18.4 Å². The molecule has 2 atom stereocenters. The molecular formula is C17H29NO. The van der Waals surface area contributed by atoms with Crippen molar-refractivity contribution in [1.82, 2.24) is 5.32 Å². The molecule has 19 heavy (non-hydrogen) atoms. The minimum Gasteiger partial charge on any atom is -0.385 e. The number of hydrogen-bond acceptors (Lipinski definition) is 2. The van der Waals surface area contributed by atoms with Crippen LogP contribution in [0.3, 0.4) is 0 Å². The van der Waals surface area contributed by atoms with Crippen LogP contribution < -0.4 is 5.32 Å². The third-order valence-corrected chi connectivity index (χ3v) is 3.90. The van der Waals surface area contributed by atoms with Crippen LogP contribution in [0.1, 0.15) is 51.6 Å². The highest BCUT2D eigenvalue weighted by molar-refractivity contribution is 5.19. The molecule has 0 bridgehead atoms. The molecule has 0 spiro atoms. The summed E-state index contributed by atoms with van der Waals surface area (Å²) >= 11 is 0. The molecule has 1 rings (SSSR count). The van der Waals surface area contributed by atoms with Gasteiger partial charge in [-0.15, -0.1) is 0 Å². The predicted octanol–water partition coefficient (Wildman–Crippen LogP) is 4.18. The lowest BCUT2D eigenvalue weighted by molar-refractivity contribution is 0.178. The van der Waals surface area contributed by atoms with Crippen molar-refractivity contribution in [2.75, 3.05) is 13.7 Å². The van der Waals surface area contributed by atoms with Crippen molar-refractivity contribution in [1.29, 1.82) is 0 Å². The highest BCUT2D eigenvalue weighted by Crippen LogP contribution is 2.28. The topological polar surface area (TPSA) is 21.3 Å². The fraction of sp³-hybridized carbons (Fsp3) is 0.647. The van der Waals surface area contributed by atoms with Crippen molar-refractivity contribution in [3.05, 3.63) is 35.9 Å². The minimum atomic E-state index is 0.447. The summed E-state index contributed by atoms with van der Waals surface area (Å²) in [5, 5.41) is 3.79. The summed E-state index contributed by atoms with van der Waals surface area (Å²) in [6.07, 6.45) is 3.47. The SMILES string of the molecule is CCC(CC)C(NC(C)CCOC)c1ccccc1. The molecule has 0 saturated heterocycles. The van der Waals surface area contributed by atoms with Gasteiger partial charge in [-0.3, -0.25) is 0 Å². The number of benzene rings is 1. The normalized spacial score (nSPS) is 14.6. The van der Waals surface area contributed by atoms with E-state index in [2.05, 4.69) is 56.4 Å². The maximum absolute atomic E-state index is 5.17. The van der Waals surface area contributed by atoms with Gasteiger partial charge in [0, 0.05) is 25.8 Å². The summed E-state index contributed by atoms with van der Waals surface area (Å²) in [5.74, 6) is 0.687. The Hall–Kier alpha value is -0.860. The summed E-state index contributed by atoms with van der Waals surface area (Å²) in [6.45, 7) is 7.63. The maximum Gasteiger partial charge on any atom is 0.0476 e. The van der Waals surface area contributed by atoms with Crippen molar-refractivity contribution >= 4 is 0 Å². The van der Waals surface area contributed by atoms with E-state index in [9.17, 15) is 0 Å². The Balaban J connectivity index is 2.75. The van der Waals surface area contributed by atoms with Crippen molar-refractivity contribution < 1.29 is 4.74 Å². The van der Waals surface area contributed by atoms with Gasteiger partial charge in [-0.05, 0) is 24.8 Å². The molecule has 2 heteroatoms. The second-order valence-corrected chi connectivity index (χ2v) is 5.31. The van der Waals surface area contributed by atoms with Gasteiger partial charge in [-0.2, -0.15) is 0 Å². The zero-order valence-electron chi connectivity index (χ0n) is 12.9. The summed E-state index contributed by atoms with van der Waals surface area (Å²) in [6, 6.07) is 11.7. The highest BCUT2D eigenvalue weighted by Gasteiger charge is 2.21. The lowest BCUT2D eigenvalue weighted by Crippen LogP contribution is -2.35. The Bertz CT molecular complexity index is 321. The van der Waals surface area contributed by atoms with E-state index >= 15 is 0 Å². The molecule has 1 aromatic rings. The quantitative estimate of drug-likeness (QED) is 0.721. The van der Waals surface area contributed by atoms with Gasteiger partial charge in [0.15, 0.2) is 0 Å². The van der Waals surface area contributed by atoms with Crippen LogP contribution in [0.15, 0.2) is 30.3 Å². The van der Waals surface area contributed by atoms with Crippen molar-refractivity contribution in [2.45, 2.75) is 52.1 Å². The predicted molar refractivity (Wildman–Crippen MR) is 82.3 cm³/mol. The highest BCUT2D eigenvalue weighted by atomic mass is 16.5. The molecular weight excluding hydrogens is 234 g/mol. The van der Waals surface area contributed by atoms with Crippen LogP contribution in [0.2, 0.25) is 0 Å². The number of ether oxygens (including phenoxy) is 1. The first-order chi connectivity index (χ1) is 9.22. The van der Waals surface area contributed by atoms with Crippen LogP contribution in [-0.2, 0) is 4.74 Å². The van der Waals surface area contributed by atoms with E-state index in [1.807, 2.05) is 0 Å². The van der Waals surface area contributed by atoms with Gasteiger partial charge in [0.05, 0.1) is 0 Å². The van der Waals surface area contributed by atoms with Crippen molar-refractivity contribution in [3.63, 3.8) is 0 Å². The maximum atomic E-state index is 5.17. The Morgan fingerprint density at radius 1 is 1.11 bits per heavy atom. The molecule has 0 radical (unpaired) electrons. The van der Waals surface area contributed by atoms with E-state index in [0.29, 0.717) is 18.0 Å². The van der Waals surface area contributed by atoms with Crippen molar-refractivity contribution in [3.8, 4) is 0 Å². The Morgan fingerprint density at radius 2 is 1.74 bits per heavy atom. The van der Waals surface area contributed by atoms with Crippen LogP contribution in [0, 0.1) is 5.92 Å². The monoisotopic (exact) mass is 263 g/mol. The second-order valence-electron chi connectivity index (χ2n) is 5.31. The standard InChI is InChI=1S/C17H29NO/c1-5-15(6-2)17(16-10-8-7-9-11-16)18-14(3)12-13-19-4/h7-11,14-15,17-18H,5-6,12-13H2,1-4H3. The average Bonchev–Trinajstić information content (AvgIpc) is 2.46. The number of methoxy groups -OCH3 is 1. The first kappa shape index (κ1) is 16.2. The van der Waals surface area contributed by atoms with E-state index in [0.717, 1.165) is 13.0 Å². The molecule has 0 aromatic heterocycles. The zero-order chi connectivity index (χ0) is 14.1. The molecule has 108 valence electrons. The van der Waals surface area contributed by atoms with Gasteiger partial charge in [-0.25, -0.2) is 0 Å². The number of hydrogen-bond donors (Lipinski definition) is 1. The Morgan fingerprint density at radius 3 is 2.26 bits per heavy atom. The van der Waals surface area contributed by atoms with E-state index in [1.54, 1.807) is 7.11 Å². The number of rotatable bonds is 9. The van der Waals surface area contributed by atoms with E-state index < -0.39 is 0 Å². The van der Waals surface area contributed by atoms with Gasteiger partial charge in [0.2, 0.25) is 0 Å². The first-order valence-corrected chi connectivity index (χ1v) is 7.52. The zero-order valence-corrected chi connectivity index (χ0v) is 12.9. The van der Waals surface area contributed by atoms with Crippen LogP contribution >= 0.6 is 0 Å². The molecule has 2 nitrogen and oxygen atoms in total. The first-order valence-electron chi connectivity index (χ1n) is 7.52. The molecule has 0 aliphatic carbocycles. The second kappa shape index (κ2) is 9.11. The molecule has 1 aromatic carbocycles. The fourth-order valence-electron chi connectivity index (χ4n) is 2.61. The average molecular weight is 263 g/mol. The molecule has 0 fully saturated rings. The minimum absolute atomic E-state index is 0.447. The summed E-state index contributed by atoms with van der Waals surface area (Å²) in [5.41, 5.74) is 1.40. The van der Waals surface area contributed by atoms with Gasteiger partial charge in [-0.1, -0.05) is 57.0 Å². The fourth-order valence-corrected chi connectivity index (χ4v) is 2.61. The van der Waals surface area contributed by atoms with Gasteiger partial charge in [0.1, 0.15) is 0 Å². The lowest BCUT2D eigenvalue weighted by atomic mass is 9.88. The molecule has 2 unspecified atom stereocenters. The smallest absolute Gasteiger partial charge is 0.0476 e. The summed E-state index contributed by atoms with van der Waals surface area (Å²) in [4.78, 5) is 0. The molecule has 0 amide bonds. The molecule has 0 saturated carbocycles. The molecule has 0 aliphatic rings. The largest absolute Gasteiger partial charge is 0.385 e. The molecule has 1 N–H and O–H groups in total. The molecule has 0 heterocycles. The van der Waals surface area contributed by atoms with Crippen molar-refractivity contribution in [2.24, 2.45) is 5.92 Å². The Labute approximate surface area is 118 Å². The Kier molecular flexibility index (Phi) is 7.76. The van der Waals surface area contributed by atoms with E-state index in [-0.39, 0.29) is 0 Å². The van der Waals surface area contributed by atoms with Crippen LogP contribution in [-0.4, -0.2) is 19.8 Å². The van der Waals surface area contributed by atoms with E-state index in [4.69, 9.17) is 4.74 Å². The molecule has 0 aliphatic heterocycles. The van der Waals surface area contributed by atoms with Gasteiger partial charge < -0.3 is 10.1 Å². The van der Waals surface area contributed by atoms with Crippen LogP contribution in [0.4, 0.5) is 0 Å².